The van der Waals surface area contributed by atoms with E-state index in [0.717, 1.165) is 4.47 Å². The number of hydrogen-bond donors (Lipinski definition) is 4. The third kappa shape index (κ3) is 5.85. The van der Waals surface area contributed by atoms with Crippen LogP contribution in [0.5, 0.6) is 11.5 Å². The summed E-state index contributed by atoms with van der Waals surface area (Å²) >= 11 is 9.40. The average Bonchev–Trinajstić information content (AvgIpc) is 2.74. The van der Waals surface area contributed by atoms with Crippen molar-refractivity contribution in [3.8, 4) is 11.5 Å². The van der Waals surface area contributed by atoms with Gasteiger partial charge in [-0.25, -0.2) is 4.79 Å². The van der Waals surface area contributed by atoms with E-state index in [1.807, 2.05) is 0 Å². The fourth-order valence-electron chi connectivity index (χ4n) is 2.37. The number of nitrogens with zero attached hydrogens (tertiary/aromatic N) is 1. The zero-order valence-corrected chi connectivity index (χ0v) is 18.0. The summed E-state index contributed by atoms with van der Waals surface area (Å²) in [7, 11) is 1.53. The molecule has 2 aromatic carbocycles. The minimum Gasteiger partial charge on any atom is -0.457 e. The van der Waals surface area contributed by atoms with Crippen LogP contribution in [0.15, 0.2) is 65.3 Å². The number of halogens is 2. The Hall–Kier alpha value is -3.30. The summed E-state index contributed by atoms with van der Waals surface area (Å²) in [6.07, 6.45) is 1.49. The Balaban J connectivity index is 1.60. The maximum absolute atomic E-state index is 12.1. The standard InChI is InChI=1S/C20H17BrClN5O3/c1-23-19(28)18-11-15(7-8-24-18)30-14-4-2-3-13(10-14)26-27-20(29)25-17-6-5-12(21)9-16(17)22/h2-11,26H,1H3,(H,23,28)(H2,25,27,29). The fraction of sp³-hybridized carbons (Fsp3) is 0.0500. The number of pyridine rings is 1. The number of rotatable bonds is 6. The summed E-state index contributed by atoms with van der Waals surface area (Å²) < 4.78 is 6.58. The number of benzene rings is 2. The molecule has 10 heteroatoms. The van der Waals surface area contributed by atoms with Gasteiger partial charge in [0.25, 0.3) is 5.91 Å². The molecule has 0 fully saturated rings. The zero-order chi connectivity index (χ0) is 21.5. The van der Waals surface area contributed by atoms with E-state index in [1.54, 1.807) is 48.5 Å². The Morgan fingerprint density at radius 1 is 1.07 bits per heavy atom. The Morgan fingerprint density at radius 2 is 1.87 bits per heavy atom. The first kappa shape index (κ1) is 21.4. The third-order valence-electron chi connectivity index (χ3n) is 3.76. The van der Waals surface area contributed by atoms with E-state index >= 15 is 0 Å². The summed E-state index contributed by atoms with van der Waals surface area (Å²) in [5.74, 6) is 0.653. The molecule has 0 aliphatic rings. The van der Waals surface area contributed by atoms with E-state index in [4.69, 9.17) is 16.3 Å². The molecular weight excluding hydrogens is 474 g/mol. The highest BCUT2D eigenvalue weighted by atomic mass is 79.9. The van der Waals surface area contributed by atoms with E-state index in [1.165, 1.54) is 19.3 Å². The van der Waals surface area contributed by atoms with Gasteiger partial charge < -0.3 is 15.4 Å². The Labute approximate surface area is 186 Å². The van der Waals surface area contributed by atoms with Crippen molar-refractivity contribution < 1.29 is 14.3 Å². The van der Waals surface area contributed by atoms with Crippen LogP contribution in [0.25, 0.3) is 0 Å². The van der Waals surface area contributed by atoms with E-state index < -0.39 is 6.03 Å². The number of urea groups is 1. The summed E-state index contributed by atoms with van der Waals surface area (Å²) in [5, 5.41) is 5.56. The van der Waals surface area contributed by atoms with Gasteiger partial charge in [0, 0.05) is 29.8 Å². The number of hydrazine groups is 1. The third-order valence-corrected chi connectivity index (χ3v) is 4.57. The van der Waals surface area contributed by atoms with Gasteiger partial charge in [0.1, 0.15) is 17.2 Å². The van der Waals surface area contributed by atoms with Gasteiger partial charge in [-0.15, -0.1) is 0 Å². The Morgan fingerprint density at radius 3 is 2.63 bits per heavy atom. The van der Waals surface area contributed by atoms with E-state index in [9.17, 15) is 9.59 Å². The number of anilines is 2. The van der Waals surface area contributed by atoms with Crippen LogP contribution in [0.1, 0.15) is 10.5 Å². The first-order valence-corrected chi connectivity index (χ1v) is 9.86. The molecule has 0 bridgehead atoms. The van der Waals surface area contributed by atoms with Gasteiger partial charge in [-0.05, 0) is 36.4 Å². The number of nitrogens with one attached hydrogen (secondary N) is 4. The molecule has 30 heavy (non-hydrogen) atoms. The first-order valence-electron chi connectivity index (χ1n) is 8.69. The maximum atomic E-state index is 12.1. The van der Waals surface area contributed by atoms with Gasteiger partial charge in [0.2, 0.25) is 0 Å². The molecule has 0 radical (unpaired) electrons. The van der Waals surface area contributed by atoms with Gasteiger partial charge >= 0.3 is 6.03 Å². The number of ether oxygens (including phenoxy) is 1. The molecule has 0 atom stereocenters. The quantitative estimate of drug-likeness (QED) is 0.372. The molecule has 0 saturated carbocycles. The van der Waals surface area contributed by atoms with Crippen LogP contribution in [-0.2, 0) is 0 Å². The molecule has 3 rings (SSSR count). The van der Waals surface area contributed by atoms with Gasteiger partial charge in [-0.2, -0.15) is 0 Å². The Bertz CT molecular complexity index is 1080. The molecular formula is C20H17BrClN5O3. The zero-order valence-electron chi connectivity index (χ0n) is 15.7. The highest BCUT2D eigenvalue weighted by Gasteiger charge is 2.08. The van der Waals surface area contributed by atoms with E-state index in [0.29, 0.717) is 27.9 Å². The van der Waals surface area contributed by atoms with Crippen LogP contribution in [0.2, 0.25) is 5.02 Å². The van der Waals surface area contributed by atoms with Crippen molar-refractivity contribution >= 4 is 50.8 Å². The molecule has 1 heterocycles. The molecule has 8 nitrogen and oxygen atoms in total. The summed E-state index contributed by atoms with van der Waals surface area (Å²) in [6, 6.07) is 14.8. The lowest BCUT2D eigenvalue weighted by Gasteiger charge is -2.12. The highest BCUT2D eigenvalue weighted by Crippen LogP contribution is 2.26. The van der Waals surface area contributed by atoms with Crippen LogP contribution in [0.3, 0.4) is 0 Å². The van der Waals surface area contributed by atoms with Crippen molar-refractivity contribution in [2.24, 2.45) is 0 Å². The summed E-state index contributed by atoms with van der Waals surface area (Å²) in [6.45, 7) is 0. The lowest BCUT2D eigenvalue weighted by Crippen LogP contribution is -2.33. The SMILES string of the molecule is CNC(=O)c1cc(Oc2cccc(NNC(=O)Nc3ccc(Br)cc3Cl)c2)ccn1. The minimum atomic E-state index is -0.491. The first-order chi connectivity index (χ1) is 14.4. The highest BCUT2D eigenvalue weighted by molar-refractivity contribution is 9.10. The largest absolute Gasteiger partial charge is 0.457 e. The summed E-state index contributed by atoms with van der Waals surface area (Å²) in [4.78, 5) is 27.8. The van der Waals surface area contributed by atoms with Gasteiger partial charge in [-0.1, -0.05) is 33.6 Å². The normalized spacial score (nSPS) is 10.1. The van der Waals surface area contributed by atoms with Crippen molar-refractivity contribution in [1.29, 1.82) is 0 Å². The molecule has 0 aliphatic heterocycles. The number of hydrogen-bond acceptors (Lipinski definition) is 5. The second-order valence-electron chi connectivity index (χ2n) is 5.91. The molecule has 0 unspecified atom stereocenters. The predicted molar refractivity (Wildman–Crippen MR) is 119 cm³/mol. The molecule has 3 aromatic rings. The van der Waals surface area contributed by atoms with Crippen LogP contribution < -0.4 is 26.2 Å². The van der Waals surface area contributed by atoms with Gasteiger partial charge in [0.15, 0.2) is 0 Å². The number of aromatic nitrogens is 1. The number of amides is 3. The second kappa shape index (κ2) is 9.95. The average molecular weight is 491 g/mol. The van der Waals surface area contributed by atoms with Crippen LogP contribution in [-0.4, -0.2) is 24.0 Å². The van der Waals surface area contributed by atoms with Crippen molar-refractivity contribution in [2.45, 2.75) is 0 Å². The van der Waals surface area contributed by atoms with E-state index in [-0.39, 0.29) is 11.6 Å². The number of carbonyl (C=O) groups is 2. The smallest absolute Gasteiger partial charge is 0.337 e. The molecule has 0 spiro atoms. The van der Waals surface area contributed by atoms with Crippen LogP contribution >= 0.6 is 27.5 Å². The van der Waals surface area contributed by atoms with E-state index in [2.05, 4.69) is 42.4 Å². The molecule has 1 aromatic heterocycles. The predicted octanol–water partition coefficient (Wildman–Crippen LogP) is 4.80. The Kier molecular flexibility index (Phi) is 7.10. The topological polar surface area (TPSA) is 104 Å². The number of carbonyl (C=O) groups excluding carboxylic acids is 2. The fourth-order valence-corrected chi connectivity index (χ4v) is 3.09. The van der Waals surface area contributed by atoms with Crippen molar-refractivity contribution in [2.75, 3.05) is 17.8 Å². The maximum Gasteiger partial charge on any atom is 0.337 e. The molecule has 3 amide bonds. The van der Waals surface area contributed by atoms with Crippen LogP contribution in [0.4, 0.5) is 16.2 Å². The second-order valence-corrected chi connectivity index (χ2v) is 7.24. The monoisotopic (exact) mass is 489 g/mol. The lowest BCUT2D eigenvalue weighted by atomic mass is 10.3. The molecule has 4 N–H and O–H groups in total. The van der Waals surface area contributed by atoms with Crippen LogP contribution in [0, 0.1) is 0 Å². The molecule has 0 saturated heterocycles. The van der Waals surface area contributed by atoms with Crippen molar-refractivity contribution in [3.05, 3.63) is 76.0 Å². The molecule has 154 valence electrons. The lowest BCUT2D eigenvalue weighted by molar-refractivity contribution is 0.0958. The van der Waals surface area contributed by atoms with Gasteiger partial charge in [0.05, 0.1) is 16.4 Å². The van der Waals surface area contributed by atoms with Crippen molar-refractivity contribution in [3.63, 3.8) is 0 Å². The van der Waals surface area contributed by atoms with Gasteiger partial charge in [-0.3, -0.25) is 20.6 Å². The summed E-state index contributed by atoms with van der Waals surface area (Å²) in [5.41, 5.74) is 6.62. The minimum absolute atomic E-state index is 0.245. The molecule has 0 aliphatic carbocycles. The van der Waals surface area contributed by atoms with Crippen molar-refractivity contribution in [1.82, 2.24) is 15.7 Å².